The van der Waals surface area contributed by atoms with Crippen LogP contribution in [0.1, 0.15) is 52.7 Å². The number of nitrogens with zero attached hydrogens (tertiary/aromatic N) is 1. The van der Waals surface area contributed by atoms with Crippen LogP contribution in [0.2, 0.25) is 0 Å². The molecule has 1 unspecified atom stereocenters. The summed E-state index contributed by atoms with van der Waals surface area (Å²) in [5.74, 6) is -1.64. The van der Waals surface area contributed by atoms with Gasteiger partial charge in [0.05, 0.1) is 12.5 Å². The molecule has 10 nitrogen and oxygen atoms in total. The second-order valence-corrected chi connectivity index (χ2v) is 9.51. The zero-order valence-electron chi connectivity index (χ0n) is 22.4. The van der Waals surface area contributed by atoms with Gasteiger partial charge in [-0.25, -0.2) is 0 Å². The quantitative estimate of drug-likeness (QED) is 0.142. The minimum absolute atomic E-state index is 0.112. The maximum Gasteiger partial charge on any atom is 0.255 e. The zero-order valence-corrected chi connectivity index (χ0v) is 22.4. The Morgan fingerprint density at radius 1 is 1.02 bits per heavy atom. The number of nitrogens with one attached hydrogen (secondary N) is 3. The zero-order chi connectivity index (χ0) is 28.6. The van der Waals surface area contributed by atoms with Crippen LogP contribution in [-0.2, 0) is 16.1 Å². The van der Waals surface area contributed by atoms with Crippen molar-refractivity contribution in [3.05, 3.63) is 95.1 Å². The molecule has 0 saturated heterocycles. The summed E-state index contributed by atoms with van der Waals surface area (Å²) in [5.41, 5.74) is 14.2. The van der Waals surface area contributed by atoms with E-state index in [1.54, 1.807) is 36.4 Å². The van der Waals surface area contributed by atoms with Gasteiger partial charge in [-0.2, -0.15) is 0 Å². The van der Waals surface area contributed by atoms with Crippen molar-refractivity contribution in [1.82, 2.24) is 10.2 Å². The lowest BCUT2D eigenvalue weighted by Crippen LogP contribution is -2.49. The van der Waals surface area contributed by atoms with Crippen LogP contribution >= 0.6 is 0 Å². The fourth-order valence-electron chi connectivity index (χ4n) is 4.97. The molecule has 3 aromatic carbocycles. The third-order valence-corrected chi connectivity index (χ3v) is 6.83. The van der Waals surface area contributed by atoms with Gasteiger partial charge in [0.1, 0.15) is 11.8 Å². The fraction of sp³-hybridized carbons (Fsp3) is 0.267. The number of nitrogens with two attached hydrogens (primary N) is 2. The van der Waals surface area contributed by atoms with Crippen LogP contribution in [0.15, 0.2) is 72.8 Å². The van der Waals surface area contributed by atoms with Gasteiger partial charge in [-0.05, 0) is 60.7 Å². The third kappa shape index (κ3) is 6.40. The summed E-state index contributed by atoms with van der Waals surface area (Å²) in [5, 5.41) is 13.0. The van der Waals surface area contributed by atoms with E-state index in [1.807, 2.05) is 43.3 Å². The normalized spacial score (nSPS) is 14.5. The summed E-state index contributed by atoms with van der Waals surface area (Å²) in [7, 11) is 0. The van der Waals surface area contributed by atoms with Crippen molar-refractivity contribution in [1.29, 1.82) is 5.41 Å². The minimum atomic E-state index is -0.945. The van der Waals surface area contributed by atoms with Gasteiger partial charge in [0.25, 0.3) is 5.91 Å². The second kappa shape index (κ2) is 12.8. The van der Waals surface area contributed by atoms with Crippen molar-refractivity contribution in [3.63, 3.8) is 0 Å². The maximum absolute atomic E-state index is 14.6. The largest absolute Gasteiger partial charge is 0.494 e. The number of primary amides is 1. The van der Waals surface area contributed by atoms with Crippen LogP contribution in [-0.4, -0.2) is 47.8 Å². The van der Waals surface area contributed by atoms with Crippen LogP contribution in [0.3, 0.4) is 0 Å². The number of ether oxygens (including phenoxy) is 1. The van der Waals surface area contributed by atoms with Gasteiger partial charge < -0.3 is 31.7 Å². The average molecular weight is 543 g/mol. The second-order valence-electron chi connectivity index (χ2n) is 9.51. The molecule has 4 rings (SSSR count). The predicted molar refractivity (Wildman–Crippen MR) is 153 cm³/mol. The van der Waals surface area contributed by atoms with Crippen molar-refractivity contribution < 1.29 is 19.1 Å². The summed E-state index contributed by atoms with van der Waals surface area (Å²) in [6.45, 7) is 2.88. The van der Waals surface area contributed by atoms with Gasteiger partial charge in [0, 0.05) is 24.3 Å². The first-order valence-corrected chi connectivity index (χ1v) is 13.2. The fourth-order valence-corrected chi connectivity index (χ4v) is 4.97. The SMILES string of the molecule is CCOc1ccc(CN(C(=O)C2c3ccccc3NC(=O)c3ccccc32)[C@H](CCCNC(=N)N)C(N)=O)cc1. The Morgan fingerprint density at radius 2 is 1.70 bits per heavy atom. The highest BCUT2D eigenvalue weighted by molar-refractivity contribution is 6.09. The molecule has 40 heavy (non-hydrogen) atoms. The first-order valence-electron chi connectivity index (χ1n) is 13.2. The molecule has 7 N–H and O–H groups in total. The van der Waals surface area contributed by atoms with Crippen molar-refractivity contribution in [2.45, 2.75) is 38.3 Å². The van der Waals surface area contributed by atoms with Crippen LogP contribution in [0.25, 0.3) is 0 Å². The number of guanidine groups is 1. The first-order chi connectivity index (χ1) is 19.3. The van der Waals surface area contributed by atoms with E-state index in [1.165, 1.54) is 4.90 Å². The smallest absolute Gasteiger partial charge is 0.255 e. The lowest BCUT2D eigenvalue weighted by molar-refractivity contribution is -0.140. The van der Waals surface area contributed by atoms with E-state index in [-0.39, 0.29) is 30.7 Å². The highest BCUT2D eigenvalue weighted by atomic mass is 16.5. The van der Waals surface area contributed by atoms with Gasteiger partial charge in [0.15, 0.2) is 5.96 Å². The van der Waals surface area contributed by atoms with Crippen LogP contribution in [0, 0.1) is 5.41 Å². The van der Waals surface area contributed by atoms with Crippen molar-refractivity contribution in [3.8, 4) is 5.75 Å². The van der Waals surface area contributed by atoms with E-state index in [0.29, 0.717) is 47.7 Å². The van der Waals surface area contributed by atoms with Crippen LogP contribution < -0.4 is 26.8 Å². The first kappa shape index (κ1) is 28.2. The summed E-state index contributed by atoms with van der Waals surface area (Å²) in [6.07, 6.45) is 0.698. The molecule has 10 heteroatoms. The van der Waals surface area contributed by atoms with E-state index < -0.39 is 17.9 Å². The Kier molecular flexibility index (Phi) is 9.00. The third-order valence-electron chi connectivity index (χ3n) is 6.83. The Bertz CT molecular complexity index is 1390. The number of carbonyl (C=O) groups is 3. The summed E-state index contributed by atoms with van der Waals surface area (Å²) < 4.78 is 5.55. The number of anilines is 1. The molecule has 0 aromatic heterocycles. The Morgan fingerprint density at radius 3 is 2.38 bits per heavy atom. The number of para-hydroxylation sites is 1. The van der Waals surface area contributed by atoms with Gasteiger partial charge >= 0.3 is 0 Å². The van der Waals surface area contributed by atoms with Crippen molar-refractivity contribution in [2.75, 3.05) is 18.5 Å². The van der Waals surface area contributed by atoms with Gasteiger partial charge in [-0.3, -0.25) is 19.8 Å². The topological polar surface area (TPSA) is 164 Å². The summed E-state index contributed by atoms with van der Waals surface area (Å²) >= 11 is 0. The molecule has 0 radical (unpaired) electrons. The molecule has 0 saturated carbocycles. The number of hydrogen-bond acceptors (Lipinski definition) is 5. The molecule has 1 aliphatic rings. The van der Waals surface area contributed by atoms with E-state index in [9.17, 15) is 14.4 Å². The lowest BCUT2D eigenvalue weighted by Gasteiger charge is -2.34. The van der Waals surface area contributed by atoms with Gasteiger partial charge in [-0.1, -0.05) is 48.5 Å². The van der Waals surface area contributed by atoms with Crippen LogP contribution in [0.4, 0.5) is 5.69 Å². The Balaban J connectivity index is 1.77. The van der Waals surface area contributed by atoms with E-state index >= 15 is 0 Å². The molecule has 1 heterocycles. The van der Waals surface area contributed by atoms with Crippen molar-refractivity contribution >= 4 is 29.4 Å². The number of amides is 3. The van der Waals surface area contributed by atoms with E-state index in [2.05, 4.69) is 10.6 Å². The highest BCUT2D eigenvalue weighted by Crippen LogP contribution is 2.38. The molecule has 0 fully saturated rings. The van der Waals surface area contributed by atoms with Crippen molar-refractivity contribution in [2.24, 2.45) is 11.5 Å². The Hall–Kier alpha value is -4.86. The maximum atomic E-state index is 14.6. The number of carbonyl (C=O) groups excluding carboxylic acids is 3. The highest BCUT2D eigenvalue weighted by Gasteiger charge is 2.38. The van der Waals surface area contributed by atoms with Crippen LogP contribution in [0.5, 0.6) is 5.75 Å². The van der Waals surface area contributed by atoms with E-state index in [0.717, 1.165) is 5.56 Å². The number of fused-ring (bicyclic) bond motifs is 2. The minimum Gasteiger partial charge on any atom is -0.494 e. The standard InChI is InChI=1S/C30H34N6O4/c1-2-40-20-15-13-19(14-16-20)18-36(25(27(31)37)12-7-17-34-30(32)33)29(39)26-21-8-3-4-9-22(21)28(38)35-24-11-6-5-10-23(24)26/h3-6,8-11,13-16,25-26H,2,7,12,17-18H2,1H3,(H2,31,37)(H,35,38)(H4,32,33,34)/t25-,26?/m1/s1. The average Bonchev–Trinajstić information content (AvgIpc) is 3.06. The number of rotatable bonds is 11. The molecule has 0 spiro atoms. The van der Waals surface area contributed by atoms with E-state index in [4.69, 9.17) is 21.6 Å². The predicted octanol–water partition coefficient (Wildman–Crippen LogP) is 2.93. The Labute approximate surface area is 233 Å². The summed E-state index contributed by atoms with van der Waals surface area (Å²) in [4.78, 5) is 42.1. The molecule has 3 amide bonds. The molecule has 208 valence electrons. The monoisotopic (exact) mass is 542 g/mol. The summed E-state index contributed by atoms with van der Waals surface area (Å²) in [6, 6.07) is 20.6. The molecular weight excluding hydrogens is 508 g/mol. The molecular formula is C30H34N6O4. The molecule has 2 atom stereocenters. The molecule has 1 aliphatic heterocycles. The van der Waals surface area contributed by atoms with Gasteiger partial charge in [-0.15, -0.1) is 0 Å². The lowest BCUT2D eigenvalue weighted by atomic mass is 9.86. The number of benzene rings is 3. The molecule has 0 aliphatic carbocycles. The molecule has 0 bridgehead atoms. The van der Waals surface area contributed by atoms with Gasteiger partial charge in [0.2, 0.25) is 11.8 Å². The number of hydrogen-bond donors (Lipinski definition) is 5. The molecule has 3 aromatic rings.